The molecule has 0 fully saturated rings. The van der Waals surface area contributed by atoms with E-state index in [1.807, 2.05) is 12.1 Å². The number of hydrogen-bond acceptors (Lipinski definition) is 4. The second kappa shape index (κ2) is 6.28. The van der Waals surface area contributed by atoms with Crippen LogP contribution < -0.4 is 10.9 Å². The van der Waals surface area contributed by atoms with E-state index in [2.05, 4.69) is 22.1 Å². The quantitative estimate of drug-likeness (QED) is 0.390. The van der Waals surface area contributed by atoms with Gasteiger partial charge in [0.2, 0.25) is 10.9 Å². The van der Waals surface area contributed by atoms with Crippen LogP contribution in [-0.4, -0.2) is 9.97 Å². The number of aromatic amines is 2. The number of nitriles is 2. The number of aromatic nitrogens is 2. The van der Waals surface area contributed by atoms with Gasteiger partial charge in [-0.1, -0.05) is 36.4 Å². The second-order valence-electron chi connectivity index (χ2n) is 7.66. The van der Waals surface area contributed by atoms with Crippen molar-refractivity contribution in [3.8, 4) is 12.1 Å². The van der Waals surface area contributed by atoms with Crippen LogP contribution in [0, 0.1) is 33.4 Å². The van der Waals surface area contributed by atoms with Gasteiger partial charge in [-0.2, -0.15) is 10.5 Å². The molecule has 0 amide bonds. The summed E-state index contributed by atoms with van der Waals surface area (Å²) in [6, 6.07) is 21.7. The third-order valence-corrected chi connectivity index (χ3v) is 6.03. The van der Waals surface area contributed by atoms with Crippen molar-refractivity contribution in [2.75, 3.05) is 0 Å². The van der Waals surface area contributed by atoms with E-state index in [-0.39, 0.29) is 21.6 Å². The smallest absolute Gasteiger partial charge is 0.212 e. The Morgan fingerprint density at radius 2 is 0.969 bits per heavy atom. The van der Waals surface area contributed by atoms with E-state index in [0.29, 0.717) is 54.5 Å². The highest BCUT2D eigenvalue weighted by Gasteiger charge is 2.14. The molecule has 2 N–H and O–H groups in total. The normalized spacial score (nSPS) is 12.4. The van der Waals surface area contributed by atoms with Crippen LogP contribution in [0.1, 0.15) is 11.1 Å². The third-order valence-electron chi connectivity index (χ3n) is 6.03. The van der Waals surface area contributed by atoms with Crippen molar-refractivity contribution < 1.29 is 0 Å². The molecule has 0 aliphatic carbocycles. The monoisotopic (exact) mass is 412 g/mol. The van der Waals surface area contributed by atoms with Crippen molar-refractivity contribution in [1.29, 1.82) is 10.5 Å². The molecular formula is C26H12N4O2. The Morgan fingerprint density at radius 1 is 0.562 bits per heavy atom. The Bertz CT molecular complexity index is 1900. The average Bonchev–Trinajstić information content (AvgIpc) is 2.83. The van der Waals surface area contributed by atoms with E-state index >= 15 is 0 Å². The predicted molar refractivity (Wildman–Crippen MR) is 122 cm³/mol. The highest BCUT2D eigenvalue weighted by atomic mass is 16.1. The highest BCUT2D eigenvalue weighted by molar-refractivity contribution is 6.11. The summed E-state index contributed by atoms with van der Waals surface area (Å²) >= 11 is 0. The predicted octanol–water partition coefficient (Wildman–Crippen LogP) is 4.14. The lowest BCUT2D eigenvalue weighted by Crippen LogP contribution is -2.14. The summed E-state index contributed by atoms with van der Waals surface area (Å²) in [5.74, 6) is 0. The van der Waals surface area contributed by atoms with E-state index in [1.54, 1.807) is 48.5 Å². The van der Waals surface area contributed by atoms with Crippen LogP contribution in [0.3, 0.4) is 0 Å². The zero-order chi connectivity index (χ0) is 22.0. The maximum Gasteiger partial charge on any atom is 0.212 e. The fourth-order valence-corrected chi connectivity index (χ4v) is 4.60. The molecule has 0 aliphatic heterocycles. The van der Waals surface area contributed by atoms with Crippen LogP contribution in [0.4, 0.5) is 0 Å². The van der Waals surface area contributed by atoms with Crippen LogP contribution in [0.15, 0.2) is 70.3 Å². The maximum absolute atomic E-state index is 13.5. The first-order valence-electron chi connectivity index (χ1n) is 9.91. The molecule has 6 rings (SSSR count). The van der Waals surface area contributed by atoms with E-state index < -0.39 is 0 Å². The lowest BCUT2D eigenvalue weighted by Gasteiger charge is -2.08. The Kier molecular flexibility index (Phi) is 3.51. The molecular weight excluding hydrogens is 400 g/mol. The van der Waals surface area contributed by atoms with Gasteiger partial charge in [0.25, 0.3) is 0 Å². The van der Waals surface area contributed by atoms with Crippen LogP contribution >= 0.6 is 0 Å². The van der Waals surface area contributed by atoms with Crippen LogP contribution in [0.5, 0.6) is 0 Å². The fourth-order valence-electron chi connectivity index (χ4n) is 4.60. The third kappa shape index (κ3) is 2.21. The average molecular weight is 412 g/mol. The molecule has 0 spiro atoms. The first kappa shape index (κ1) is 17.9. The number of pyridine rings is 2. The molecule has 32 heavy (non-hydrogen) atoms. The van der Waals surface area contributed by atoms with Gasteiger partial charge in [-0.3, -0.25) is 9.59 Å². The maximum atomic E-state index is 13.5. The summed E-state index contributed by atoms with van der Waals surface area (Å²) in [5.41, 5.74) is 1.65. The van der Waals surface area contributed by atoms with Crippen molar-refractivity contribution in [2.45, 2.75) is 0 Å². The van der Waals surface area contributed by atoms with Gasteiger partial charge in [-0.25, -0.2) is 0 Å². The van der Waals surface area contributed by atoms with Crippen LogP contribution in [0.2, 0.25) is 0 Å². The second-order valence-corrected chi connectivity index (χ2v) is 7.66. The highest BCUT2D eigenvalue weighted by Crippen LogP contribution is 2.27. The minimum Gasteiger partial charge on any atom is -0.350 e. The van der Waals surface area contributed by atoms with Gasteiger partial charge in [0, 0.05) is 43.4 Å². The Labute approximate surface area is 179 Å². The number of hydrogen-bond donors (Lipinski definition) is 2. The van der Waals surface area contributed by atoms with Crippen molar-refractivity contribution in [3.05, 3.63) is 103 Å². The van der Waals surface area contributed by atoms with Crippen LogP contribution in [0.25, 0.3) is 43.4 Å². The number of H-pyrrole nitrogens is 2. The fraction of sp³-hybridized carbons (Fsp3) is 0. The molecule has 0 bridgehead atoms. The summed E-state index contributed by atoms with van der Waals surface area (Å²) in [7, 11) is 0. The van der Waals surface area contributed by atoms with Gasteiger partial charge in [-0.05, 0) is 24.3 Å². The topological polar surface area (TPSA) is 113 Å². The SMILES string of the molecule is N#Cc1ccc2[nH]/c(=c3\[nH]c4ccc(C#N)c5cccc(c3=O)c45)c(=O)c3cccc1c23. The molecule has 0 unspecified atom stereocenters. The summed E-state index contributed by atoms with van der Waals surface area (Å²) in [6.45, 7) is 0. The molecule has 2 heterocycles. The molecule has 0 atom stereocenters. The van der Waals surface area contributed by atoms with Gasteiger partial charge in [0.05, 0.1) is 23.3 Å². The van der Waals surface area contributed by atoms with Crippen LogP contribution in [-0.2, 0) is 0 Å². The van der Waals surface area contributed by atoms with Gasteiger partial charge in [0.15, 0.2) is 0 Å². The minimum atomic E-state index is -0.321. The van der Waals surface area contributed by atoms with Crippen molar-refractivity contribution in [2.24, 2.45) is 0 Å². The largest absolute Gasteiger partial charge is 0.350 e. The molecule has 0 aliphatic rings. The summed E-state index contributed by atoms with van der Waals surface area (Å²) in [5, 5.41) is 22.8. The lowest BCUT2D eigenvalue weighted by atomic mass is 9.99. The minimum absolute atomic E-state index is 0.159. The standard InChI is InChI=1S/C26H12N4O2/c27-11-13-7-9-19-21-15(13)3-1-5-17(21)25(31)23(29-19)24-26(32)18-6-2-4-16-14(12-28)8-10-20(30-24)22(16)18/h1-10,29-30H/b24-23-. The Morgan fingerprint density at radius 3 is 1.38 bits per heavy atom. The first-order valence-corrected chi connectivity index (χ1v) is 9.91. The van der Waals surface area contributed by atoms with Gasteiger partial charge in [-0.15, -0.1) is 0 Å². The number of nitrogens with zero attached hydrogens (tertiary/aromatic N) is 2. The molecule has 4 aromatic carbocycles. The van der Waals surface area contributed by atoms with Crippen molar-refractivity contribution >= 4 is 43.4 Å². The van der Waals surface area contributed by atoms with Crippen molar-refractivity contribution in [1.82, 2.24) is 9.97 Å². The number of benzene rings is 4. The molecule has 6 heteroatoms. The first-order chi connectivity index (χ1) is 15.6. The van der Waals surface area contributed by atoms with Crippen molar-refractivity contribution in [3.63, 3.8) is 0 Å². The number of nitrogens with one attached hydrogen (secondary N) is 2. The Hall–Kier alpha value is -4.94. The zero-order valence-electron chi connectivity index (χ0n) is 16.5. The van der Waals surface area contributed by atoms with E-state index in [4.69, 9.17) is 0 Å². The van der Waals surface area contributed by atoms with E-state index in [9.17, 15) is 20.1 Å². The van der Waals surface area contributed by atoms with E-state index in [1.165, 1.54) is 0 Å². The summed E-state index contributed by atoms with van der Waals surface area (Å²) in [6.07, 6.45) is 0. The lowest BCUT2D eigenvalue weighted by molar-refractivity contribution is 1.17. The van der Waals surface area contributed by atoms with Gasteiger partial charge >= 0.3 is 0 Å². The molecule has 0 saturated carbocycles. The molecule has 2 aromatic heterocycles. The summed E-state index contributed by atoms with van der Waals surface area (Å²) < 4.78 is 0. The van der Waals surface area contributed by atoms with Gasteiger partial charge in [0.1, 0.15) is 10.7 Å². The molecule has 148 valence electrons. The molecule has 6 nitrogen and oxygen atoms in total. The summed E-state index contributed by atoms with van der Waals surface area (Å²) in [4.78, 5) is 33.2. The number of rotatable bonds is 0. The zero-order valence-corrected chi connectivity index (χ0v) is 16.5. The Balaban J connectivity index is 1.91. The van der Waals surface area contributed by atoms with E-state index in [0.717, 1.165) is 0 Å². The van der Waals surface area contributed by atoms with Gasteiger partial charge < -0.3 is 9.97 Å². The molecule has 6 aromatic rings. The molecule has 0 saturated heterocycles. The molecule has 0 radical (unpaired) electrons.